The zero-order chi connectivity index (χ0) is 14.7. The van der Waals surface area contributed by atoms with Gasteiger partial charge in [0.1, 0.15) is 0 Å². The summed E-state index contributed by atoms with van der Waals surface area (Å²) in [6.45, 7) is 1.90. The molecule has 1 amide bonds. The maximum absolute atomic E-state index is 12.1. The molecule has 0 saturated heterocycles. The largest absolute Gasteiger partial charge is 0.346 e. The van der Waals surface area contributed by atoms with Crippen LogP contribution < -0.4 is 10.9 Å². The number of pyridine rings is 1. The third kappa shape index (κ3) is 3.36. The molecule has 1 aromatic heterocycles. The summed E-state index contributed by atoms with van der Waals surface area (Å²) in [5, 5.41) is 2.88. The Morgan fingerprint density at radius 3 is 2.50 bits per heavy atom. The number of benzene rings is 1. The number of aromatic nitrogens is 1. The molecule has 0 aliphatic carbocycles. The molecule has 104 valence electrons. The molecule has 2 aromatic rings. The number of carbonyl (C=O) groups is 1. The fourth-order valence-electron chi connectivity index (χ4n) is 1.80. The first kappa shape index (κ1) is 14.5. The highest BCUT2D eigenvalue weighted by atomic mass is 79.9. The summed E-state index contributed by atoms with van der Waals surface area (Å²) in [4.78, 5) is 23.6. The van der Waals surface area contributed by atoms with Crippen molar-refractivity contribution in [2.45, 2.75) is 13.0 Å². The molecule has 0 aliphatic heterocycles. The van der Waals surface area contributed by atoms with Crippen molar-refractivity contribution in [2.24, 2.45) is 7.05 Å². The number of hydrogen-bond donors (Lipinski definition) is 1. The second-order valence-electron chi connectivity index (χ2n) is 4.61. The molecule has 0 radical (unpaired) electrons. The minimum atomic E-state index is -0.252. The molecule has 0 unspecified atom stereocenters. The van der Waals surface area contributed by atoms with Gasteiger partial charge in [0.25, 0.3) is 11.5 Å². The van der Waals surface area contributed by atoms with E-state index >= 15 is 0 Å². The van der Waals surface area contributed by atoms with Gasteiger partial charge in [0, 0.05) is 29.3 Å². The van der Waals surface area contributed by atoms with Gasteiger partial charge >= 0.3 is 0 Å². The first-order valence-electron chi connectivity index (χ1n) is 6.20. The van der Waals surface area contributed by atoms with Gasteiger partial charge in [-0.15, -0.1) is 0 Å². The topological polar surface area (TPSA) is 51.1 Å². The molecule has 4 nitrogen and oxygen atoms in total. The van der Waals surface area contributed by atoms with Crippen LogP contribution in [0.25, 0.3) is 0 Å². The first-order valence-corrected chi connectivity index (χ1v) is 6.99. The van der Waals surface area contributed by atoms with Gasteiger partial charge in [-0.1, -0.05) is 28.1 Å². The van der Waals surface area contributed by atoms with Crippen LogP contribution >= 0.6 is 15.9 Å². The summed E-state index contributed by atoms with van der Waals surface area (Å²) < 4.78 is 2.42. The highest BCUT2D eigenvalue weighted by Gasteiger charge is 2.12. The summed E-state index contributed by atoms with van der Waals surface area (Å²) in [6, 6.07) is 10.6. The van der Waals surface area contributed by atoms with Crippen LogP contribution in [0.2, 0.25) is 0 Å². The van der Waals surface area contributed by atoms with Crippen molar-refractivity contribution >= 4 is 21.8 Å². The number of halogens is 1. The summed E-state index contributed by atoms with van der Waals surface area (Å²) in [7, 11) is 1.65. The number of aryl methyl sites for hydroxylation is 1. The van der Waals surface area contributed by atoms with Crippen LogP contribution in [-0.2, 0) is 7.05 Å². The third-order valence-electron chi connectivity index (χ3n) is 3.08. The summed E-state index contributed by atoms with van der Waals surface area (Å²) in [5.41, 5.74) is 1.18. The maximum Gasteiger partial charge on any atom is 0.252 e. The van der Waals surface area contributed by atoms with Crippen molar-refractivity contribution in [1.29, 1.82) is 0 Å². The van der Waals surface area contributed by atoms with Crippen LogP contribution in [0, 0.1) is 0 Å². The van der Waals surface area contributed by atoms with Crippen molar-refractivity contribution in [3.05, 3.63) is 68.5 Å². The van der Waals surface area contributed by atoms with Gasteiger partial charge in [0.05, 0.1) is 6.04 Å². The average Bonchev–Trinajstić information content (AvgIpc) is 2.42. The minimum Gasteiger partial charge on any atom is -0.346 e. The fourth-order valence-corrected chi connectivity index (χ4v) is 2.07. The van der Waals surface area contributed by atoms with Gasteiger partial charge in [0.15, 0.2) is 0 Å². The molecule has 0 saturated carbocycles. The Labute approximate surface area is 125 Å². The Morgan fingerprint density at radius 2 is 1.90 bits per heavy atom. The minimum absolute atomic E-state index is 0.125. The van der Waals surface area contributed by atoms with E-state index in [4.69, 9.17) is 0 Å². The van der Waals surface area contributed by atoms with Gasteiger partial charge in [-0.3, -0.25) is 9.59 Å². The molecular weight excluding hydrogens is 320 g/mol. The number of hydrogen-bond acceptors (Lipinski definition) is 2. The lowest BCUT2D eigenvalue weighted by molar-refractivity contribution is 0.0939. The van der Waals surface area contributed by atoms with Crippen molar-refractivity contribution in [3.63, 3.8) is 0 Å². The van der Waals surface area contributed by atoms with Crippen LogP contribution in [-0.4, -0.2) is 10.5 Å². The normalized spacial score (nSPS) is 11.9. The molecule has 1 aromatic carbocycles. The predicted molar refractivity (Wildman–Crippen MR) is 81.7 cm³/mol. The van der Waals surface area contributed by atoms with Crippen molar-refractivity contribution < 1.29 is 4.79 Å². The van der Waals surface area contributed by atoms with Gasteiger partial charge in [-0.2, -0.15) is 0 Å². The van der Waals surface area contributed by atoms with Crippen molar-refractivity contribution in [3.8, 4) is 0 Å². The van der Waals surface area contributed by atoms with Gasteiger partial charge in [0.2, 0.25) is 0 Å². The molecule has 5 heteroatoms. The van der Waals surface area contributed by atoms with E-state index in [1.54, 1.807) is 19.3 Å². The van der Waals surface area contributed by atoms with E-state index in [1.807, 2.05) is 31.2 Å². The van der Waals surface area contributed by atoms with Gasteiger partial charge in [-0.25, -0.2) is 0 Å². The van der Waals surface area contributed by atoms with Gasteiger partial charge < -0.3 is 9.88 Å². The fraction of sp³-hybridized carbons (Fsp3) is 0.200. The molecular formula is C15H15BrN2O2. The van der Waals surface area contributed by atoms with E-state index in [2.05, 4.69) is 21.2 Å². The number of carbonyl (C=O) groups excluding carboxylic acids is 1. The predicted octanol–water partition coefficient (Wildman–Crippen LogP) is 2.64. The Balaban J connectivity index is 2.12. The molecule has 1 heterocycles. The Bertz CT molecular complexity index is 677. The summed E-state index contributed by atoms with van der Waals surface area (Å²) in [5.74, 6) is -0.252. The number of rotatable bonds is 3. The van der Waals surface area contributed by atoms with Crippen LogP contribution in [0.3, 0.4) is 0 Å². The average molecular weight is 335 g/mol. The monoisotopic (exact) mass is 334 g/mol. The highest BCUT2D eigenvalue weighted by molar-refractivity contribution is 9.10. The van der Waals surface area contributed by atoms with E-state index in [0.29, 0.717) is 5.56 Å². The van der Waals surface area contributed by atoms with Crippen LogP contribution in [0.4, 0.5) is 0 Å². The lowest BCUT2D eigenvalue weighted by Crippen LogP contribution is -2.28. The smallest absolute Gasteiger partial charge is 0.252 e. The molecule has 0 fully saturated rings. The van der Waals surface area contributed by atoms with E-state index in [-0.39, 0.29) is 17.5 Å². The number of nitrogens with one attached hydrogen (secondary N) is 1. The molecule has 20 heavy (non-hydrogen) atoms. The second-order valence-corrected chi connectivity index (χ2v) is 5.53. The highest BCUT2D eigenvalue weighted by Crippen LogP contribution is 2.16. The quantitative estimate of drug-likeness (QED) is 0.938. The molecule has 2 rings (SSSR count). The molecule has 1 N–H and O–H groups in total. The van der Waals surface area contributed by atoms with Crippen molar-refractivity contribution in [2.75, 3.05) is 0 Å². The lowest BCUT2D eigenvalue weighted by Gasteiger charge is -2.14. The first-order chi connectivity index (χ1) is 9.47. The standard InChI is InChI=1S/C15H15BrN2O2/c1-10(11-3-5-13(16)6-4-11)17-15(20)12-7-8-18(2)14(19)9-12/h3-10H,1-2H3,(H,17,20)/t10-/m1/s1. The Kier molecular flexibility index (Phi) is 4.39. The molecule has 0 bridgehead atoms. The molecule has 0 spiro atoms. The lowest BCUT2D eigenvalue weighted by atomic mass is 10.1. The van der Waals surface area contributed by atoms with Crippen molar-refractivity contribution in [1.82, 2.24) is 9.88 Å². The van der Waals surface area contributed by atoms with Gasteiger partial charge in [-0.05, 0) is 30.7 Å². The van der Waals surface area contributed by atoms with Crippen LogP contribution in [0.5, 0.6) is 0 Å². The Hall–Kier alpha value is -1.88. The second kappa shape index (κ2) is 6.05. The SMILES string of the molecule is C[C@@H](NC(=O)c1ccn(C)c(=O)c1)c1ccc(Br)cc1. The Morgan fingerprint density at radius 1 is 1.25 bits per heavy atom. The summed E-state index contributed by atoms with van der Waals surface area (Å²) in [6.07, 6.45) is 1.58. The summed E-state index contributed by atoms with van der Waals surface area (Å²) >= 11 is 3.37. The van der Waals surface area contributed by atoms with E-state index in [0.717, 1.165) is 10.0 Å². The third-order valence-corrected chi connectivity index (χ3v) is 3.61. The number of amides is 1. The molecule has 0 aliphatic rings. The van der Waals surface area contributed by atoms with Crippen LogP contribution in [0.15, 0.2) is 51.9 Å². The zero-order valence-electron chi connectivity index (χ0n) is 11.3. The van der Waals surface area contributed by atoms with E-state index in [9.17, 15) is 9.59 Å². The van der Waals surface area contributed by atoms with E-state index < -0.39 is 0 Å². The molecule has 1 atom stereocenters. The van der Waals surface area contributed by atoms with Crippen LogP contribution in [0.1, 0.15) is 28.9 Å². The maximum atomic E-state index is 12.1. The zero-order valence-corrected chi connectivity index (χ0v) is 12.8. The van der Waals surface area contributed by atoms with E-state index in [1.165, 1.54) is 10.6 Å². The number of nitrogens with zero attached hydrogens (tertiary/aromatic N) is 1.